The number of aliphatic hydroxyl groups is 1. The van der Waals surface area contributed by atoms with Gasteiger partial charge in [0.2, 0.25) is 0 Å². The Morgan fingerprint density at radius 3 is 2.60 bits per heavy atom. The van der Waals surface area contributed by atoms with Crippen LogP contribution in [0.3, 0.4) is 0 Å². The van der Waals surface area contributed by atoms with E-state index in [1.54, 1.807) is 0 Å². The van der Waals surface area contributed by atoms with Crippen LogP contribution in [-0.4, -0.2) is 47.0 Å². The topological polar surface area (TPSA) is 83.7 Å². The Labute approximate surface area is 113 Å². The van der Waals surface area contributed by atoms with E-state index >= 15 is 0 Å². The highest BCUT2D eigenvalue weighted by Crippen LogP contribution is 2.19. The third-order valence-electron chi connectivity index (χ3n) is 2.67. The van der Waals surface area contributed by atoms with Crippen LogP contribution in [0, 0.1) is 17.0 Å². The molecule has 0 aliphatic carbocycles. The molecule has 0 aliphatic heterocycles. The number of rotatable bonds is 6. The number of nitro groups is 1. The summed E-state index contributed by atoms with van der Waals surface area (Å²) in [5.74, 6) is -0.688. The van der Waals surface area contributed by atoms with Crippen molar-refractivity contribution in [3.63, 3.8) is 0 Å². The van der Waals surface area contributed by atoms with Crippen molar-refractivity contribution in [1.82, 2.24) is 4.90 Å². The number of nitrogens with zero attached hydrogens (tertiary/aromatic N) is 2. The quantitative estimate of drug-likeness (QED) is 0.636. The molecule has 1 aromatic carbocycles. The lowest BCUT2D eigenvalue weighted by atomic mass is 10.1. The summed E-state index contributed by atoms with van der Waals surface area (Å²) in [6, 6.07) is 3.57. The molecule has 1 N–H and O–H groups in total. The van der Waals surface area contributed by atoms with Gasteiger partial charge >= 0.3 is 0 Å². The first-order chi connectivity index (χ1) is 9.36. The van der Waals surface area contributed by atoms with Gasteiger partial charge in [-0.1, -0.05) is 0 Å². The fourth-order valence-corrected chi connectivity index (χ4v) is 1.73. The van der Waals surface area contributed by atoms with E-state index in [2.05, 4.69) is 0 Å². The zero-order valence-corrected chi connectivity index (χ0v) is 10.8. The SMILES string of the molecule is Cc1cc([N+](=O)[O-])ccc1C(=O)N(CCO)CC(F)F. The summed E-state index contributed by atoms with van der Waals surface area (Å²) >= 11 is 0. The summed E-state index contributed by atoms with van der Waals surface area (Å²) in [6.45, 7) is 0.0274. The van der Waals surface area contributed by atoms with Gasteiger partial charge < -0.3 is 10.0 Å². The minimum absolute atomic E-state index is 0.102. The van der Waals surface area contributed by atoms with Crippen molar-refractivity contribution in [2.45, 2.75) is 13.3 Å². The zero-order valence-electron chi connectivity index (χ0n) is 10.8. The number of aliphatic hydroxyl groups excluding tert-OH is 1. The third kappa shape index (κ3) is 3.95. The number of carbonyl (C=O) groups excluding carboxylic acids is 1. The first-order valence-electron chi connectivity index (χ1n) is 5.80. The van der Waals surface area contributed by atoms with E-state index in [1.165, 1.54) is 19.1 Å². The molecule has 0 aliphatic rings. The van der Waals surface area contributed by atoms with Gasteiger partial charge in [0.15, 0.2) is 0 Å². The van der Waals surface area contributed by atoms with Gasteiger partial charge in [-0.05, 0) is 18.6 Å². The Balaban J connectivity index is 3.02. The molecule has 0 fully saturated rings. The normalized spacial score (nSPS) is 10.7. The number of alkyl halides is 2. The predicted molar refractivity (Wildman–Crippen MR) is 66.8 cm³/mol. The number of hydrogen-bond acceptors (Lipinski definition) is 4. The summed E-state index contributed by atoms with van der Waals surface area (Å²) in [4.78, 5) is 22.9. The van der Waals surface area contributed by atoms with E-state index in [4.69, 9.17) is 5.11 Å². The molecule has 0 saturated heterocycles. The molecular weight excluding hydrogens is 274 g/mol. The Hall–Kier alpha value is -2.09. The molecule has 20 heavy (non-hydrogen) atoms. The molecule has 0 saturated carbocycles. The number of hydrogen-bond donors (Lipinski definition) is 1. The van der Waals surface area contributed by atoms with E-state index in [1.807, 2.05) is 0 Å². The van der Waals surface area contributed by atoms with Gasteiger partial charge in [-0.15, -0.1) is 0 Å². The van der Waals surface area contributed by atoms with Crippen LogP contribution in [0.5, 0.6) is 0 Å². The molecule has 1 aromatic rings. The van der Waals surface area contributed by atoms with Crippen LogP contribution in [0.4, 0.5) is 14.5 Å². The van der Waals surface area contributed by atoms with Crippen LogP contribution in [-0.2, 0) is 0 Å². The maximum atomic E-state index is 12.4. The smallest absolute Gasteiger partial charge is 0.269 e. The second kappa shape index (κ2) is 6.90. The minimum Gasteiger partial charge on any atom is -0.395 e. The molecule has 8 heteroatoms. The van der Waals surface area contributed by atoms with Crippen LogP contribution in [0.25, 0.3) is 0 Å². The zero-order chi connectivity index (χ0) is 15.3. The average molecular weight is 288 g/mol. The van der Waals surface area contributed by atoms with Crippen molar-refractivity contribution in [3.8, 4) is 0 Å². The van der Waals surface area contributed by atoms with Crippen LogP contribution in [0.15, 0.2) is 18.2 Å². The van der Waals surface area contributed by atoms with Crippen LogP contribution >= 0.6 is 0 Å². The van der Waals surface area contributed by atoms with Gasteiger partial charge in [0.1, 0.15) is 0 Å². The maximum Gasteiger partial charge on any atom is 0.269 e. The minimum atomic E-state index is -2.72. The van der Waals surface area contributed by atoms with E-state index < -0.39 is 30.4 Å². The van der Waals surface area contributed by atoms with Crippen LogP contribution < -0.4 is 0 Å². The highest BCUT2D eigenvalue weighted by atomic mass is 19.3. The largest absolute Gasteiger partial charge is 0.395 e. The fraction of sp³-hybridized carbons (Fsp3) is 0.417. The number of benzene rings is 1. The maximum absolute atomic E-state index is 12.4. The summed E-state index contributed by atoms with van der Waals surface area (Å²) in [5, 5.41) is 19.4. The molecule has 6 nitrogen and oxygen atoms in total. The molecule has 0 aromatic heterocycles. The highest BCUT2D eigenvalue weighted by molar-refractivity contribution is 5.96. The molecule has 0 unspecified atom stereocenters. The standard InChI is InChI=1S/C12H14F2N2O4/c1-8-6-9(16(19)20)2-3-10(8)12(18)15(4-5-17)7-11(13)14/h2-3,6,11,17H,4-5,7H2,1H3. The number of amides is 1. The van der Waals surface area contributed by atoms with Gasteiger partial charge in [0.25, 0.3) is 18.0 Å². The van der Waals surface area contributed by atoms with Gasteiger partial charge in [-0.2, -0.15) is 0 Å². The summed E-state index contributed by atoms with van der Waals surface area (Å²) in [7, 11) is 0. The number of halogens is 2. The van der Waals surface area contributed by atoms with Gasteiger partial charge in [0.05, 0.1) is 18.1 Å². The van der Waals surface area contributed by atoms with Crippen molar-refractivity contribution in [2.24, 2.45) is 0 Å². The molecular formula is C12H14F2N2O4. The summed E-state index contributed by atoms with van der Waals surface area (Å²) < 4.78 is 24.8. The van der Waals surface area contributed by atoms with Crippen LogP contribution in [0.2, 0.25) is 0 Å². The van der Waals surface area contributed by atoms with Crippen molar-refractivity contribution >= 4 is 11.6 Å². The Kier molecular flexibility index (Phi) is 5.51. The monoisotopic (exact) mass is 288 g/mol. The Morgan fingerprint density at radius 1 is 1.50 bits per heavy atom. The lowest BCUT2D eigenvalue weighted by molar-refractivity contribution is -0.384. The summed E-state index contributed by atoms with van der Waals surface area (Å²) in [6.07, 6.45) is -2.72. The van der Waals surface area contributed by atoms with E-state index in [9.17, 15) is 23.7 Å². The van der Waals surface area contributed by atoms with Crippen molar-refractivity contribution < 1.29 is 23.6 Å². The van der Waals surface area contributed by atoms with E-state index in [0.717, 1.165) is 11.0 Å². The Bertz CT molecular complexity index is 508. The first kappa shape index (κ1) is 16.0. The molecule has 0 bridgehead atoms. The number of non-ortho nitro benzene ring substituents is 1. The number of nitro benzene ring substituents is 1. The fourth-order valence-electron chi connectivity index (χ4n) is 1.73. The number of carbonyl (C=O) groups is 1. The summed E-state index contributed by atoms with van der Waals surface area (Å²) in [5.41, 5.74) is 0.243. The molecule has 0 heterocycles. The molecule has 0 spiro atoms. The second-order valence-electron chi connectivity index (χ2n) is 4.12. The Morgan fingerprint density at radius 2 is 2.15 bits per heavy atom. The van der Waals surface area contributed by atoms with Crippen molar-refractivity contribution in [2.75, 3.05) is 19.7 Å². The highest BCUT2D eigenvalue weighted by Gasteiger charge is 2.21. The molecule has 1 amide bonds. The predicted octanol–water partition coefficient (Wildman–Crippen LogP) is 1.60. The second-order valence-corrected chi connectivity index (χ2v) is 4.12. The van der Waals surface area contributed by atoms with Crippen molar-refractivity contribution in [3.05, 3.63) is 39.4 Å². The van der Waals surface area contributed by atoms with Gasteiger partial charge in [-0.3, -0.25) is 14.9 Å². The molecule has 0 radical (unpaired) electrons. The molecule has 1 rings (SSSR count). The van der Waals surface area contributed by atoms with Crippen LogP contribution in [0.1, 0.15) is 15.9 Å². The van der Waals surface area contributed by atoms with Gasteiger partial charge in [0, 0.05) is 24.2 Å². The lowest BCUT2D eigenvalue weighted by Crippen LogP contribution is -2.37. The number of aryl methyl sites for hydroxylation is 1. The average Bonchev–Trinajstić information content (AvgIpc) is 2.36. The first-order valence-corrected chi connectivity index (χ1v) is 5.80. The molecule has 0 atom stereocenters. The van der Waals surface area contributed by atoms with E-state index in [-0.39, 0.29) is 17.8 Å². The van der Waals surface area contributed by atoms with Crippen molar-refractivity contribution in [1.29, 1.82) is 0 Å². The third-order valence-corrected chi connectivity index (χ3v) is 2.67. The molecule has 110 valence electrons. The van der Waals surface area contributed by atoms with E-state index in [0.29, 0.717) is 5.56 Å². The lowest BCUT2D eigenvalue weighted by Gasteiger charge is -2.22. The van der Waals surface area contributed by atoms with Gasteiger partial charge in [-0.25, -0.2) is 8.78 Å².